The van der Waals surface area contributed by atoms with Crippen molar-refractivity contribution in [2.45, 2.75) is 6.04 Å². The van der Waals surface area contributed by atoms with Gasteiger partial charge in [-0.1, -0.05) is 30.3 Å². The van der Waals surface area contributed by atoms with Crippen molar-refractivity contribution < 1.29 is 14.7 Å². The molecular formula is C15H13NO3S2. The molecule has 4 nitrogen and oxygen atoms in total. The van der Waals surface area contributed by atoms with Crippen molar-refractivity contribution >= 4 is 35.0 Å². The molecule has 0 aliphatic carbocycles. The number of hydrogen-bond donors (Lipinski definition) is 1. The molecule has 0 spiro atoms. The van der Waals surface area contributed by atoms with Gasteiger partial charge in [-0.2, -0.15) is 0 Å². The van der Waals surface area contributed by atoms with Crippen LogP contribution in [-0.2, 0) is 4.79 Å². The van der Waals surface area contributed by atoms with Gasteiger partial charge in [0.15, 0.2) is 0 Å². The number of aliphatic carboxylic acids is 1. The SMILES string of the molecule is O=C(O)[C@@H]1CSCN1C(=O)c1sccc1-c1ccccc1. The zero-order valence-corrected chi connectivity index (χ0v) is 12.7. The molecule has 1 amide bonds. The van der Waals surface area contributed by atoms with E-state index >= 15 is 0 Å². The highest BCUT2D eigenvalue weighted by molar-refractivity contribution is 7.99. The Kier molecular flexibility index (Phi) is 3.98. The van der Waals surface area contributed by atoms with Crippen molar-refractivity contribution in [2.24, 2.45) is 0 Å². The molecular weight excluding hydrogens is 306 g/mol. The number of benzene rings is 1. The Balaban J connectivity index is 1.93. The van der Waals surface area contributed by atoms with Crippen molar-refractivity contribution in [2.75, 3.05) is 11.6 Å². The van der Waals surface area contributed by atoms with Crippen LogP contribution in [0.4, 0.5) is 0 Å². The Morgan fingerprint density at radius 1 is 1.19 bits per heavy atom. The Morgan fingerprint density at radius 3 is 2.67 bits per heavy atom. The highest BCUT2D eigenvalue weighted by atomic mass is 32.2. The average molecular weight is 319 g/mol. The van der Waals surface area contributed by atoms with Gasteiger partial charge < -0.3 is 10.0 Å². The Morgan fingerprint density at radius 2 is 1.95 bits per heavy atom. The van der Waals surface area contributed by atoms with E-state index < -0.39 is 12.0 Å². The van der Waals surface area contributed by atoms with E-state index in [0.717, 1.165) is 11.1 Å². The van der Waals surface area contributed by atoms with Crippen LogP contribution < -0.4 is 0 Å². The summed E-state index contributed by atoms with van der Waals surface area (Å²) in [5, 5.41) is 11.1. The molecule has 1 aromatic heterocycles. The molecule has 6 heteroatoms. The second kappa shape index (κ2) is 5.91. The summed E-state index contributed by atoms with van der Waals surface area (Å²) in [4.78, 5) is 26.0. The summed E-state index contributed by atoms with van der Waals surface area (Å²) in [6, 6.07) is 10.9. The molecule has 0 radical (unpaired) electrons. The summed E-state index contributed by atoms with van der Waals surface area (Å²) in [5.41, 5.74) is 1.84. The zero-order chi connectivity index (χ0) is 14.8. The number of carbonyl (C=O) groups excluding carboxylic acids is 1. The van der Waals surface area contributed by atoms with E-state index in [2.05, 4.69) is 0 Å². The van der Waals surface area contributed by atoms with E-state index in [0.29, 0.717) is 16.5 Å². The van der Waals surface area contributed by atoms with Crippen molar-refractivity contribution in [3.8, 4) is 11.1 Å². The second-order valence-electron chi connectivity index (χ2n) is 4.66. The van der Waals surface area contributed by atoms with Crippen molar-refractivity contribution in [3.05, 3.63) is 46.7 Å². The van der Waals surface area contributed by atoms with Crippen molar-refractivity contribution in [3.63, 3.8) is 0 Å². The summed E-state index contributed by atoms with van der Waals surface area (Å²) >= 11 is 2.83. The molecule has 1 fully saturated rings. The van der Waals surface area contributed by atoms with Gasteiger partial charge in [0.05, 0.1) is 10.8 Å². The first-order chi connectivity index (χ1) is 10.2. The molecule has 2 aromatic rings. The first kappa shape index (κ1) is 14.2. The maximum atomic E-state index is 12.7. The molecule has 3 rings (SSSR count). The van der Waals surface area contributed by atoms with Gasteiger partial charge in [0.25, 0.3) is 5.91 Å². The lowest BCUT2D eigenvalue weighted by atomic mass is 10.1. The van der Waals surface area contributed by atoms with Gasteiger partial charge in [-0.05, 0) is 17.0 Å². The van der Waals surface area contributed by atoms with E-state index in [1.807, 2.05) is 41.8 Å². The van der Waals surface area contributed by atoms with E-state index in [-0.39, 0.29) is 5.91 Å². The van der Waals surface area contributed by atoms with Crippen LogP contribution in [0, 0.1) is 0 Å². The van der Waals surface area contributed by atoms with Gasteiger partial charge in [0.1, 0.15) is 6.04 Å². The third-order valence-electron chi connectivity index (χ3n) is 3.37. The van der Waals surface area contributed by atoms with Gasteiger partial charge in [-0.25, -0.2) is 4.79 Å². The Hall–Kier alpha value is -1.79. The van der Waals surface area contributed by atoms with Crippen LogP contribution >= 0.6 is 23.1 Å². The fourth-order valence-corrected chi connectivity index (χ4v) is 4.31. The fraction of sp³-hybridized carbons (Fsp3) is 0.200. The predicted molar refractivity (Wildman–Crippen MR) is 84.7 cm³/mol. The maximum Gasteiger partial charge on any atom is 0.327 e. The molecule has 1 aromatic carbocycles. The number of amides is 1. The molecule has 108 valence electrons. The summed E-state index contributed by atoms with van der Waals surface area (Å²) in [6.45, 7) is 0. The Labute approximate surface area is 130 Å². The lowest BCUT2D eigenvalue weighted by Gasteiger charge is -2.20. The lowest BCUT2D eigenvalue weighted by Crippen LogP contribution is -2.41. The lowest BCUT2D eigenvalue weighted by molar-refractivity contribution is -0.140. The third kappa shape index (κ3) is 2.69. The summed E-state index contributed by atoms with van der Waals surface area (Å²) < 4.78 is 0. The maximum absolute atomic E-state index is 12.7. The van der Waals surface area contributed by atoms with Gasteiger partial charge in [0, 0.05) is 11.3 Å². The van der Waals surface area contributed by atoms with E-state index in [1.165, 1.54) is 28.0 Å². The van der Waals surface area contributed by atoms with Gasteiger partial charge >= 0.3 is 5.97 Å². The number of rotatable bonds is 3. The van der Waals surface area contributed by atoms with Crippen LogP contribution in [0.1, 0.15) is 9.67 Å². The van der Waals surface area contributed by atoms with E-state index in [4.69, 9.17) is 0 Å². The topological polar surface area (TPSA) is 57.6 Å². The van der Waals surface area contributed by atoms with Gasteiger partial charge in [0.2, 0.25) is 0 Å². The van der Waals surface area contributed by atoms with Crippen LogP contribution in [0.2, 0.25) is 0 Å². The molecule has 0 unspecified atom stereocenters. The number of hydrogen-bond acceptors (Lipinski definition) is 4. The molecule has 1 N–H and O–H groups in total. The largest absolute Gasteiger partial charge is 0.480 e. The summed E-state index contributed by atoms with van der Waals surface area (Å²) in [5.74, 6) is -0.248. The first-order valence-electron chi connectivity index (χ1n) is 6.43. The Bertz CT molecular complexity index is 669. The molecule has 1 aliphatic heterocycles. The number of carboxylic acid groups (broad SMARTS) is 1. The van der Waals surface area contributed by atoms with Crippen LogP contribution in [0.25, 0.3) is 11.1 Å². The highest BCUT2D eigenvalue weighted by Gasteiger charge is 2.36. The molecule has 0 saturated carbocycles. The van der Waals surface area contributed by atoms with Gasteiger partial charge in [-0.15, -0.1) is 23.1 Å². The van der Waals surface area contributed by atoms with Crippen molar-refractivity contribution in [1.82, 2.24) is 4.90 Å². The molecule has 1 atom stereocenters. The summed E-state index contributed by atoms with van der Waals surface area (Å²) in [7, 11) is 0. The summed E-state index contributed by atoms with van der Waals surface area (Å²) in [6.07, 6.45) is 0. The van der Waals surface area contributed by atoms with Crippen molar-refractivity contribution in [1.29, 1.82) is 0 Å². The molecule has 2 heterocycles. The van der Waals surface area contributed by atoms with Gasteiger partial charge in [-0.3, -0.25) is 4.79 Å². The minimum absolute atomic E-state index is 0.193. The number of nitrogens with zero attached hydrogens (tertiary/aromatic N) is 1. The van der Waals surface area contributed by atoms with Crippen LogP contribution in [0.3, 0.4) is 0 Å². The second-order valence-corrected chi connectivity index (χ2v) is 6.57. The normalized spacial score (nSPS) is 17.9. The number of thiophene rings is 1. The number of carbonyl (C=O) groups is 2. The zero-order valence-electron chi connectivity index (χ0n) is 11.1. The number of carboxylic acids is 1. The molecule has 1 aliphatic rings. The van der Waals surface area contributed by atoms with Crippen LogP contribution in [0.15, 0.2) is 41.8 Å². The first-order valence-corrected chi connectivity index (χ1v) is 8.46. The molecule has 0 bridgehead atoms. The smallest absolute Gasteiger partial charge is 0.327 e. The fourth-order valence-electron chi connectivity index (χ4n) is 2.30. The van der Waals surface area contributed by atoms with Crippen LogP contribution in [0.5, 0.6) is 0 Å². The molecule has 21 heavy (non-hydrogen) atoms. The predicted octanol–water partition coefficient (Wildman–Crippen LogP) is 3.01. The molecule has 1 saturated heterocycles. The minimum atomic E-state index is -0.939. The van der Waals surface area contributed by atoms with E-state index in [1.54, 1.807) is 0 Å². The van der Waals surface area contributed by atoms with E-state index in [9.17, 15) is 14.7 Å². The quantitative estimate of drug-likeness (QED) is 0.945. The number of thioether (sulfide) groups is 1. The highest BCUT2D eigenvalue weighted by Crippen LogP contribution is 2.32. The van der Waals surface area contributed by atoms with Crippen LogP contribution in [-0.4, -0.2) is 39.6 Å². The standard InChI is InChI=1S/C15H13NO3S2/c17-14(16-9-20-8-12(16)15(18)19)13-11(6-7-21-13)10-4-2-1-3-5-10/h1-7,12H,8-9H2,(H,18,19)/t12-/m0/s1. The monoisotopic (exact) mass is 319 g/mol. The third-order valence-corrected chi connectivity index (χ3v) is 5.29. The minimum Gasteiger partial charge on any atom is -0.480 e. The average Bonchev–Trinajstić information content (AvgIpc) is 3.16.